The molecule has 4 heteroatoms. The van der Waals surface area contributed by atoms with Crippen LogP contribution in [0.4, 0.5) is 8.78 Å². The highest BCUT2D eigenvalue weighted by molar-refractivity contribution is 5.18. The van der Waals surface area contributed by atoms with Crippen LogP contribution in [0.3, 0.4) is 0 Å². The predicted molar refractivity (Wildman–Crippen MR) is 68.3 cm³/mol. The predicted octanol–water partition coefficient (Wildman–Crippen LogP) is 2.54. The van der Waals surface area contributed by atoms with Crippen molar-refractivity contribution in [1.29, 1.82) is 0 Å². The lowest BCUT2D eigenvalue weighted by molar-refractivity contribution is 0.237. The monoisotopic (exact) mass is 254 g/mol. The first-order valence-electron chi connectivity index (χ1n) is 6.26. The molecule has 0 bridgehead atoms. The van der Waals surface area contributed by atoms with Crippen LogP contribution in [0, 0.1) is 11.6 Å². The fourth-order valence-electron chi connectivity index (χ4n) is 2.49. The Morgan fingerprint density at radius 1 is 1.39 bits per heavy atom. The van der Waals surface area contributed by atoms with Crippen LogP contribution < -0.4 is 5.32 Å². The van der Waals surface area contributed by atoms with Crippen molar-refractivity contribution in [3.8, 4) is 0 Å². The molecule has 18 heavy (non-hydrogen) atoms. The van der Waals surface area contributed by atoms with Crippen LogP contribution in [0.25, 0.3) is 0 Å². The van der Waals surface area contributed by atoms with Gasteiger partial charge in [-0.1, -0.05) is 6.07 Å². The Kier molecular flexibility index (Phi) is 3.69. The number of nitrogens with one attached hydrogen (secondary N) is 1. The standard InChI is InChI=1S/C14H20F2N2/c1-14(2)7-12(8-17-14)18(3)9-10-4-5-11(15)6-13(10)16/h4-6,12,17H,7-9H2,1-3H3. The number of halogens is 2. The summed E-state index contributed by atoms with van der Waals surface area (Å²) in [5.74, 6) is -0.991. The summed E-state index contributed by atoms with van der Waals surface area (Å²) in [6.45, 7) is 5.75. The van der Waals surface area contributed by atoms with E-state index in [0.29, 0.717) is 18.2 Å². The molecule has 100 valence electrons. The van der Waals surface area contributed by atoms with Gasteiger partial charge in [-0.3, -0.25) is 4.90 Å². The zero-order valence-electron chi connectivity index (χ0n) is 11.1. The van der Waals surface area contributed by atoms with Crippen molar-refractivity contribution in [2.45, 2.75) is 38.4 Å². The Morgan fingerprint density at radius 2 is 2.11 bits per heavy atom. The van der Waals surface area contributed by atoms with E-state index in [1.54, 1.807) is 0 Å². The smallest absolute Gasteiger partial charge is 0.130 e. The molecule has 0 saturated carbocycles. The number of hydrogen-bond donors (Lipinski definition) is 1. The number of likely N-dealkylation sites (N-methyl/N-ethyl adjacent to an activating group) is 1. The molecule has 0 amide bonds. The summed E-state index contributed by atoms with van der Waals surface area (Å²) in [5.41, 5.74) is 0.684. The van der Waals surface area contributed by atoms with Gasteiger partial charge >= 0.3 is 0 Å². The molecule has 0 aromatic heterocycles. The van der Waals surface area contributed by atoms with Crippen LogP contribution in [-0.2, 0) is 6.54 Å². The van der Waals surface area contributed by atoms with Gasteiger partial charge in [-0.2, -0.15) is 0 Å². The molecule has 1 unspecified atom stereocenters. The van der Waals surface area contributed by atoms with Crippen LogP contribution in [0.15, 0.2) is 18.2 Å². The lowest BCUT2D eigenvalue weighted by atomic mass is 10.0. The van der Waals surface area contributed by atoms with Gasteiger partial charge in [0.05, 0.1) is 0 Å². The summed E-state index contributed by atoms with van der Waals surface area (Å²) < 4.78 is 26.4. The average molecular weight is 254 g/mol. The molecule has 1 aromatic rings. The Labute approximate surface area is 107 Å². The maximum atomic E-state index is 13.6. The highest BCUT2D eigenvalue weighted by atomic mass is 19.1. The van der Waals surface area contributed by atoms with Gasteiger partial charge in [0, 0.05) is 36.3 Å². The molecular weight excluding hydrogens is 234 g/mol. The van der Waals surface area contributed by atoms with Crippen molar-refractivity contribution in [2.24, 2.45) is 0 Å². The van der Waals surface area contributed by atoms with Crippen LogP contribution >= 0.6 is 0 Å². The van der Waals surface area contributed by atoms with Crippen LogP contribution in [0.2, 0.25) is 0 Å². The van der Waals surface area contributed by atoms with E-state index in [4.69, 9.17) is 0 Å². The number of rotatable bonds is 3. The van der Waals surface area contributed by atoms with Crippen molar-refractivity contribution >= 4 is 0 Å². The van der Waals surface area contributed by atoms with Gasteiger partial charge in [0.1, 0.15) is 11.6 Å². The number of nitrogens with zero attached hydrogens (tertiary/aromatic N) is 1. The summed E-state index contributed by atoms with van der Waals surface area (Å²) in [7, 11) is 1.98. The van der Waals surface area contributed by atoms with Gasteiger partial charge in [0.25, 0.3) is 0 Å². The van der Waals surface area contributed by atoms with Gasteiger partial charge in [-0.15, -0.1) is 0 Å². The molecule has 2 nitrogen and oxygen atoms in total. The van der Waals surface area contributed by atoms with Gasteiger partial charge < -0.3 is 5.32 Å². The van der Waals surface area contributed by atoms with Gasteiger partial charge in [0.15, 0.2) is 0 Å². The molecule has 1 fully saturated rings. The van der Waals surface area contributed by atoms with E-state index < -0.39 is 11.6 Å². The molecular formula is C14H20F2N2. The topological polar surface area (TPSA) is 15.3 Å². The highest BCUT2D eigenvalue weighted by Gasteiger charge is 2.32. The quantitative estimate of drug-likeness (QED) is 0.891. The van der Waals surface area contributed by atoms with E-state index in [1.165, 1.54) is 12.1 Å². The third-order valence-electron chi connectivity index (χ3n) is 3.62. The van der Waals surface area contributed by atoms with Crippen molar-refractivity contribution in [2.75, 3.05) is 13.6 Å². The molecule has 0 spiro atoms. The normalized spacial score (nSPS) is 22.7. The van der Waals surface area contributed by atoms with Crippen molar-refractivity contribution in [3.05, 3.63) is 35.4 Å². The highest BCUT2D eigenvalue weighted by Crippen LogP contribution is 2.23. The fourth-order valence-corrected chi connectivity index (χ4v) is 2.49. The molecule has 1 aromatic carbocycles. The Morgan fingerprint density at radius 3 is 2.67 bits per heavy atom. The third kappa shape index (κ3) is 3.06. The first-order valence-corrected chi connectivity index (χ1v) is 6.26. The average Bonchev–Trinajstić information content (AvgIpc) is 2.63. The minimum atomic E-state index is -0.525. The van der Waals surface area contributed by atoms with Gasteiger partial charge in [-0.25, -0.2) is 8.78 Å². The van der Waals surface area contributed by atoms with E-state index in [0.717, 1.165) is 19.0 Å². The molecule has 1 N–H and O–H groups in total. The molecule has 2 rings (SSSR count). The summed E-state index contributed by atoms with van der Waals surface area (Å²) in [5, 5.41) is 3.44. The van der Waals surface area contributed by atoms with Gasteiger partial charge in [-0.05, 0) is 33.4 Å². The summed E-state index contributed by atoms with van der Waals surface area (Å²) in [6, 6.07) is 4.17. The summed E-state index contributed by atoms with van der Waals surface area (Å²) >= 11 is 0. The van der Waals surface area contributed by atoms with E-state index in [-0.39, 0.29) is 5.54 Å². The number of hydrogen-bond acceptors (Lipinski definition) is 2. The summed E-state index contributed by atoms with van der Waals surface area (Å²) in [4.78, 5) is 2.12. The zero-order valence-corrected chi connectivity index (χ0v) is 11.1. The maximum absolute atomic E-state index is 13.6. The third-order valence-corrected chi connectivity index (χ3v) is 3.62. The molecule has 1 saturated heterocycles. The van der Waals surface area contributed by atoms with Crippen LogP contribution in [0.5, 0.6) is 0 Å². The SMILES string of the molecule is CN(Cc1ccc(F)cc1F)C1CNC(C)(C)C1. The zero-order chi connectivity index (χ0) is 13.3. The first-order chi connectivity index (χ1) is 8.37. The molecule has 0 radical (unpaired) electrons. The maximum Gasteiger partial charge on any atom is 0.130 e. The second-order valence-electron chi connectivity index (χ2n) is 5.77. The van der Waals surface area contributed by atoms with E-state index in [2.05, 4.69) is 24.1 Å². The second kappa shape index (κ2) is 4.94. The second-order valence-corrected chi connectivity index (χ2v) is 5.77. The van der Waals surface area contributed by atoms with Gasteiger partial charge in [0.2, 0.25) is 0 Å². The lowest BCUT2D eigenvalue weighted by Crippen LogP contribution is -2.33. The molecule has 0 aliphatic carbocycles. The number of benzene rings is 1. The summed E-state index contributed by atoms with van der Waals surface area (Å²) in [6.07, 6.45) is 1.03. The lowest BCUT2D eigenvalue weighted by Gasteiger charge is -2.25. The fraction of sp³-hybridized carbons (Fsp3) is 0.571. The Balaban J connectivity index is 2.01. The van der Waals surface area contributed by atoms with Crippen molar-refractivity contribution in [3.63, 3.8) is 0 Å². The van der Waals surface area contributed by atoms with Crippen molar-refractivity contribution < 1.29 is 8.78 Å². The minimum absolute atomic E-state index is 0.139. The largest absolute Gasteiger partial charge is 0.310 e. The van der Waals surface area contributed by atoms with Crippen LogP contribution in [0.1, 0.15) is 25.8 Å². The van der Waals surface area contributed by atoms with E-state index in [9.17, 15) is 8.78 Å². The minimum Gasteiger partial charge on any atom is -0.310 e. The Bertz CT molecular complexity index is 432. The van der Waals surface area contributed by atoms with Crippen LogP contribution in [-0.4, -0.2) is 30.1 Å². The van der Waals surface area contributed by atoms with E-state index >= 15 is 0 Å². The molecule has 1 atom stereocenters. The van der Waals surface area contributed by atoms with Crippen molar-refractivity contribution in [1.82, 2.24) is 10.2 Å². The van der Waals surface area contributed by atoms with E-state index in [1.807, 2.05) is 7.05 Å². The first kappa shape index (κ1) is 13.4. The Hall–Kier alpha value is -1.00. The molecule has 1 heterocycles. The molecule has 1 aliphatic rings. The molecule has 1 aliphatic heterocycles.